The van der Waals surface area contributed by atoms with Crippen LogP contribution in [0.15, 0.2) is 52.8 Å². The van der Waals surface area contributed by atoms with E-state index in [1.807, 2.05) is 4.57 Å². The minimum atomic E-state index is -1.76. The molecule has 1 fully saturated rings. The molecule has 2 atom stereocenters. The molecule has 3 amide bonds. The molecular weight excluding hydrogens is 742 g/mol. The molecule has 52 heavy (non-hydrogen) atoms. The van der Waals surface area contributed by atoms with Crippen LogP contribution < -0.4 is 20.9 Å². The third-order valence-corrected chi connectivity index (χ3v) is 10.3. The molecule has 0 bridgehead atoms. The molecule has 22 heteroatoms. The third kappa shape index (κ3) is 7.18. The van der Waals surface area contributed by atoms with Crippen LogP contribution in [0.5, 0.6) is 11.5 Å². The first kappa shape index (κ1) is 36.0. The van der Waals surface area contributed by atoms with Crippen LogP contribution in [0.4, 0.5) is 5.13 Å². The van der Waals surface area contributed by atoms with Gasteiger partial charge in [0.1, 0.15) is 17.1 Å². The van der Waals surface area contributed by atoms with Gasteiger partial charge in [0.05, 0.1) is 16.3 Å². The Balaban J connectivity index is 1.16. The maximum Gasteiger partial charge on any atom is 0.350 e. The van der Waals surface area contributed by atoms with Crippen molar-refractivity contribution >= 4 is 74.9 Å². The van der Waals surface area contributed by atoms with Gasteiger partial charge in [-0.2, -0.15) is 0 Å². The zero-order valence-electron chi connectivity index (χ0n) is 27.1. The molecule has 6 rings (SSSR count). The number of halogens is 1. The Bertz CT molecular complexity index is 2120. The maximum atomic E-state index is 13.7. The number of hydrogen-bond donors (Lipinski definition) is 7. The normalized spacial score (nSPS) is 17.3. The molecule has 1 saturated heterocycles. The number of aromatic nitrogens is 6. The topological polar surface area (TPSA) is 275 Å². The van der Waals surface area contributed by atoms with Gasteiger partial charge in [-0.1, -0.05) is 16.8 Å². The number of nitrogens with two attached hydrogens (primary N) is 1. The lowest BCUT2D eigenvalue weighted by Crippen LogP contribution is -2.70. The average molecular weight is 771 g/mol. The first-order valence-corrected chi connectivity index (χ1v) is 17.4. The van der Waals surface area contributed by atoms with Crippen molar-refractivity contribution in [3.05, 3.63) is 75.3 Å². The molecule has 0 unspecified atom stereocenters. The number of aromatic hydroxyl groups is 2. The fourth-order valence-electron chi connectivity index (χ4n) is 5.04. The molecule has 2 aliphatic heterocycles. The number of pyridine rings is 1. The number of rotatable bonds is 12. The molecule has 270 valence electrons. The van der Waals surface area contributed by atoms with Crippen LogP contribution in [0.2, 0.25) is 5.02 Å². The number of carboxylic acids is 1. The van der Waals surface area contributed by atoms with Crippen molar-refractivity contribution in [3.63, 3.8) is 0 Å². The van der Waals surface area contributed by atoms with E-state index in [2.05, 4.69) is 41.4 Å². The van der Waals surface area contributed by atoms with E-state index in [1.54, 1.807) is 24.5 Å². The first-order valence-electron chi connectivity index (χ1n) is 15.1. The summed E-state index contributed by atoms with van der Waals surface area (Å²) in [5.74, 6) is -3.46. The number of phenolic OH excluding ortho intramolecular Hbond substituents is 2. The number of anilines is 1. The molecule has 0 radical (unpaired) electrons. The molecule has 0 aliphatic carbocycles. The average Bonchev–Trinajstić information content (AvgIpc) is 3.81. The third-order valence-electron chi connectivity index (χ3n) is 7.89. The summed E-state index contributed by atoms with van der Waals surface area (Å²) in [6.07, 6.45) is 3.59. The number of amides is 3. The number of nitrogens with one attached hydrogen (secondary N) is 3. The zero-order valence-corrected chi connectivity index (χ0v) is 29.5. The lowest BCUT2D eigenvalue weighted by molar-refractivity contribution is -0.688. The Kier molecular flexibility index (Phi) is 10.00. The lowest BCUT2D eigenvalue weighted by Gasteiger charge is -2.49. The van der Waals surface area contributed by atoms with Gasteiger partial charge in [-0.15, -0.1) is 28.2 Å². The fraction of sp³-hybridized carbons (Fsp3) is 0.267. The van der Waals surface area contributed by atoms with Gasteiger partial charge in [-0.25, -0.2) is 19.4 Å². The number of thioether (sulfide) groups is 1. The van der Waals surface area contributed by atoms with Crippen LogP contribution in [0.3, 0.4) is 0 Å². The Morgan fingerprint density at radius 3 is 2.63 bits per heavy atom. The number of tetrazole rings is 1. The number of phenols is 2. The highest BCUT2D eigenvalue weighted by Crippen LogP contribution is 2.43. The van der Waals surface area contributed by atoms with Crippen molar-refractivity contribution in [2.24, 2.45) is 5.16 Å². The SMILES string of the molecule is CC(C)(O/N=C(\C(=O)N[C@@H]1C(=O)N2C(c3nnn[nH]3)=C(C[n+]3ccc(CNC(=O)c4ccc(O)c(O)c4Cl)cc3)CS[C@H]12)c1csc(N)n1)C(=O)O. The number of aliphatic carboxylic acids is 1. The smallest absolute Gasteiger partial charge is 0.350 e. The molecule has 0 saturated carbocycles. The summed E-state index contributed by atoms with van der Waals surface area (Å²) >= 11 is 8.45. The van der Waals surface area contributed by atoms with Gasteiger partial charge in [0.2, 0.25) is 5.60 Å². The molecule has 8 N–H and O–H groups in total. The molecule has 3 aromatic heterocycles. The molecule has 0 spiro atoms. The van der Waals surface area contributed by atoms with Crippen molar-refractivity contribution in [1.82, 2.24) is 41.1 Å². The molecule has 1 aromatic carbocycles. The van der Waals surface area contributed by atoms with Gasteiger partial charge >= 0.3 is 5.97 Å². The number of β-lactam (4-membered cyclic amide) rings is 1. The van der Waals surface area contributed by atoms with Gasteiger partial charge in [0, 0.05) is 35.4 Å². The standard InChI is InChI=1S/C30H28ClN11O8S2/c1-30(2,28(48)49)50-38-19(16-12-52-29(32)34-16)25(46)35-20-26(47)42-21(23-36-39-40-37-23)14(11-51-27(20)42)10-41-7-5-13(6-8-41)9-33-24(45)15-3-4-17(43)22(44)18(15)31/h3-8,12,20,27H,9-11H2,1-2H3,(H7-,32,33,34,35,36,37,38,39,40,43,44,45,46,48,49)/p+1/t20-,27-/m1/s1. The zero-order chi connectivity index (χ0) is 37.3. The van der Waals surface area contributed by atoms with Crippen LogP contribution in [-0.2, 0) is 32.3 Å². The largest absolute Gasteiger partial charge is 0.504 e. The van der Waals surface area contributed by atoms with Gasteiger partial charge in [-0.05, 0) is 42.0 Å². The number of benzene rings is 1. The molecule has 4 aromatic rings. The summed E-state index contributed by atoms with van der Waals surface area (Å²) in [6, 6.07) is 5.08. The van der Waals surface area contributed by atoms with Crippen LogP contribution in [0.25, 0.3) is 5.70 Å². The minimum Gasteiger partial charge on any atom is -0.504 e. The molecule has 5 heterocycles. The number of hydrogen-bond acceptors (Lipinski definition) is 15. The summed E-state index contributed by atoms with van der Waals surface area (Å²) in [5.41, 5.74) is 5.70. The number of H-pyrrole nitrogens is 1. The number of thiazole rings is 1. The second kappa shape index (κ2) is 14.4. The predicted molar refractivity (Wildman–Crippen MR) is 185 cm³/mol. The highest BCUT2D eigenvalue weighted by molar-refractivity contribution is 8.00. The van der Waals surface area contributed by atoms with E-state index in [1.165, 1.54) is 48.0 Å². The molecule has 2 aliphatic rings. The molecule has 19 nitrogen and oxygen atoms in total. The quantitative estimate of drug-likeness (QED) is 0.0342. The maximum absolute atomic E-state index is 13.7. The van der Waals surface area contributed by atoms with Crippen molar-refractivity contribution in [2.75, 3.05) is 11.5 Å². The predicted octanol–water partition coefficient (Wildman–Crippen LogP) is 0.616. The number of carboxylic acid groups (broad SMARTS) is 1. The highest BCUT2D eigenvalue weighted by Gasteiger charge is 2.54. The van der Waals surface area contributed by atoms with Crippen molar-refractivity contribution < 1.29 is 43.9 Å². The Hall–Kier alpha value is -5.80. The fourth-order valence-corrected chi connectivity index (χ4v) is 7.17. The number of fused-ring (bicyclic) bond motifs is 1. The summed E-state index contributed by atoms with van der Waals surface area (Å²) in [4.78, 5) is 62.1. The number of nitrogens with zero attached hydrogens (tertiary/aromatic N) is 7. The van der Waals surface area contributed by atoms with Crippen molar-refractivity contribution in [2.45, 2.75) is 44.0 Å². The molecular formula is C30H29ClN11O8S2+. The van der Waals surface area contributed by atoms with Crippen LogP contribution in [0.1, 0.15) is 41.3 Å². The van der Waals surface area contributed by atoms with Crippen LogP contribution in [0, 0.1) is 0 Å². The minimum absolute atomic E-state index is 0.00630. The number of carbonyl (C=O) groups is 4. The lowest BCUT2D eigenvalue weighted by atomic mass is 10.0. The summed E-state index contributed by atoms with van der Waals surface area (Å²) in [6.45, 7) is 3.01. The van der Waals surface area contributed by atoms with Crippen LogP contribution in [-0.4, -0.2) is 98.0 Å². The van der Waals surface area contributed by atoms with E-state index in [0.717, 1.165) is 22.5 Å². The second-order valence-electron chi connectivity index (χ2n) is 11.8. The second-order valence-corrected chi connectivity index (χ2v) is 14.2. The van der Waals surface area contributed by atoms with E-state index in [-0.39, 0.29) is 39.5 Å². The van der Waals surface area contributed by atoms with E-state index in [4.69, 9.17) is 22.2 Å². The van der Waals surface area contributed by atoms with Gasteiger partial charge in [0.25, 0.3) is 17.7 Å². The van der Waals surface area contributed by atoms with Crippen molar-refractivity contribution in [3.8, 4) is 11.5 Å². The number of carbonyl (C=O) groups excluding carboxylic acids is 3. The van der Waals surface area contributed by atoms with Gasteiger partial charge < -0.3 is 36.5 Å². The van der Waals surface area contributed by atoms with Gasteiger partial charge in [-0.3, -0.25) is 19.3 Å². The van der Waals surface area contributed by atoms with E-state index < -0.39 is 52.2 Å². The summed E-state index contributed by atoms with van der Waals surface area (Å²) < 4.78 is 1.87. The highest BCUT2D eigenvalue weighted by atomic mass is 35.5. The monoisotopic (exact) mass is 770 g/mol. The summed E-state index contributed by atoms with van der Waals surface area (Å²) in [7, 11) is 0. The number of oxime groups is 1. The Morgan fingerprint density at radius 2 is 1.98 bits per heavy atom. The number of nitrogen functional groups attached to an aromatic ring is 1. The number of aromatic amines is 1. The first-order chi connectivity index (χ1) is 24.7. The van der Waals surface area contributed by atoms with E-state index >= 15 is 0 Å². The van der Waals surface area contributed by atoms with Crippen molar-refractivity contribution in [1.29, 1.82) is 0 Å². The van der Waals surface area contributed by atoms with E-state index in [9.17, 15) is 34.5 Å². The Labute approximate surface area is 306 Å². The van der Waals surface area contributed by atoms with Crippen LogP contribution >= 0.6 is 34.7 Å². The van der Waals surface area contributed by atoms with E-state index in [0.29, 0.717) is 18.0 Å². The van der Waals surface area contributed by atoms with Gasteiger partial charge in [0.15, 0.2) is 47.1 Å². The summed E-state index contributed by atoms with van der Waals surface area (Å²) in [5, 5.41) is 52.9. The Morgan fingerprint density at radius 1 is 1.23 bits per heavy atom.